The van der Waals surface area contributed by atoms with Crippen LogP contribution in [-0.2, 0) is 15.1 Å². The molecule has 3 fully saturated rings. The first-order valence-electron chi connectivity index (χ1n) is 12.2. The normalized spacial score (nSPS) is 25.1. The zero-order chi connectivity index (χ0) is 22.7. The third kappa shape index (κ3) is 4.39. The lowest BCUT2D eigenvalue weighted by atomic mass is 9.87. The molecule has 2 saturated carbocycles. The Kier molecular flexibility index (Phi) is 7.08. The van der Waals surface area contributed by atoms with E-state index >= 15 is 0 Å². The van der Waals surface area contributed by atoms with Crippen LogP contribution < -0.4 is 5.32 Å². The van der Waals surface area contributed by atoms with Crippen molar-refractivity contribution in [2.75, 3.05) is 6.54 Å². The molecule has 3 aliphatic rings. The Bertz CT molecular complexity index is 828. The van der Waals surface area contributed by atoms with Gasteiger partial charge in [-0.15, -0.1) is 0 Å². The smallest absolute Gasteiger partial charge is 0.325 e. The topological polar surface area (TPSA) is 69.7 Å². The van der Waals surface area contributed by atoms with Gasteiger partial charge in [0.2, 0.25) is 5.91 Å². The maximum atomic E-state index is 13.6. The standard InChI is InChI=1S/C25H34ClN3O3/c1-2-25(18-13-15-19(26)16-14-18)23(31)28(24(32)27-25)17-22(30)29(20-9-5-3-6-10-20)21-11-7-4-8-12-21/h13-16,20-21H,2-12,17H2,1H3,(H,27,32)/t25-/m1/s1. The molecule has 6 nitrogen and oxygen atoms in total. The van der Waals surface area contributed by atoms with Gasteiger partial charge in [-0.2, -0.15) is 0 Å². The summed E-state index contributed by atoms with van der Waals surface area (Å²) in [6.45, 7) is 1.68. The number of urea groups is 1. The number of amides is 4. The molecule has 174 valence electrons. The average molecular weight is 460 g/mol. The molecule has 1 atom stereocenters. The molecular weight excluding hydrogens is 426 g/mol. The van der Waals surface area contributed by atoms with Gasteiger partial charge in [-0.1, -0.05) is 69.2 Å². The van der Waals surface area contributed by atoms with E-state index in [0.29, 0.717) is 17.0 Å². The molecule has 1 aromatic rings. The molecule has 2 aliphatic carbocycles. The third-order valence-corrected chi connectivity index (χ3v) is 7.81. The Morgan fingerprint density at radius 3 is 2.03 bits per heavy atom. The number of imide groups is 1. The number of hydrogen-bond acceptors (Lipinski definition) is 3. The van der Waals surface area contributed by atoms with Crippen molar-refractivity contribution in [1.82, 2.24) is 15.1 Å². The molecule has 0 aromatic heterocycles. The number of halogens is 1. The van der Waals surface area contributed by atoms with Crippen molar-refractivity contribution < 1.29 is 14.4 Å². The fourth-order valence-electron chi connectivity index (χ4n) is 5.78. The summed E-state index contributed by atoms with van der Waals surface area (Å²) >= 11 is 6.02. The summed E-state index contributed by atoms with van der Waals surface area (Å²) in [5.74, 6) is -0.441. The van der Waals surface area contributed by atoms with Crippen LogP contribution in [0.2, 0.25) is 5.02 Å². The number of nitrogens with zero attached hydrogens (tertiary/aromatic N) is 2. The predicted molar refractivity (Wildman–Crippen MR) is 124 cm³/mol. The summed E-state index contributed by atoms with van der Waals surface area (Å²) in [7, 11) is 0. The van der Waals surface area contributed by atoms with Gasteiger partial charge >= 0.3 is 6.03 Å². The van der Waals surface area contributed by atoms with E-state index in [0.717, 1.165) is 56.3 Å². The highest BCUT2D eigenvalue weighted by molar-refractivity contribution is 6.30. The van der Waals surface area contributed by atoms with E-state index < -0.39 is 11.6 Å². The number of carbonyl (C=O) groups is 3. The minimum Gasteiger partial charge on any atom is -0.335 e. The molecular formula is C25H34ClN3O3. The maximum Gasteiger partial charge on any atom is 0.325 e. The summed E-state index contributed by atoms with van der Waals surface area (Å²) in [6.07, 6.45) is 11.5. The molecule has 1 heterocycles. The van der Waals surface area contributed by atoms with Gasteiger partial charge < -0.3 is 10.2 Å². The molecule has 1 aromatic carbocycles. The number of benzene rings is 1. The molecule has 0 radical (unpaired) electrons. The van der Waals surface area contributed by atoms with Crippen molar-refractivity contribution >= 4 is 29.4 Å². The van der Waals surface area contributed by atoms with Crippen LogP contribution in [0, 0.1) is 0 Å². The second-order valence-corrected chi connectivity index (χ2v) is 9.91. The second kappa shape index (κ2) is 9.82. The number of rotatable bonds is 6. The van der Waals surface area contributed by atoms with E-state index in [4.69, 9.17) is 11.6 Å². The lowest BCUT2D eigenvalue weighted by Gasteiger charge is -2.42. The van der Waals surface area contributed by atoms with Crippen LogP contribution in [0.25, 0.3) is 0 Å². The van der Waals surface area contributed by atoms with Crippen LogP contribution in [0.4, 0.5) is 4.79 Å². The third-order valence-electron chi connectivity index (χ3n) is 7.56. The highest BCUT2D eigenvalue weighted by Gasteiger charge is 2.52. The van der Waals surface area contributed by atoms with Gasteiger partial charge in [0.05, 0.1) is 0 Å². The highest BCUT2D eigenvalue weighted by Crippen LogP contribution is 2.34. The summed E-state index contributed by atoms with van der Waals surface area (Å²) in [5, 5.41) is 3.45. The van der Waals surface area contributed by atoms with Crippen molar-refractivity contribution in [1.29, 1.82) is 0 Å². The lowest BCUT2D eigenvalue weighted by molar-refractivity contribution is -0.143. The largest absolute Gasteiger partial charge is 0.335 e. The van der Waals surface area contributed by atoms with Crippen molar-refractivity contribution in [2.24, 2.45) is 0 Å². The molecule has 0 bridgehead atoms. The zero-order valence-electron chi connectivity index (χ0n) is 18.9. The van der Waals surface area contributed by atoms with E-state index in [1.54, 1.807) is 24.3 Å². The van der Waals surface area contributed by atoms with E-state index in [1.807, 2.05) is 6.92 Å². The first-order chi connectivity index (χ1) is 15.5. The van der Waals surface area contributed by atoms with Crippen molar-refractivity contribution in [2.45, 2.75) is 95.2 Å². The first-order valence-corrected chi connectivity index (χ1v) is 12.6. The second-order valence-electron chi connectivity index (χ2n) is 9.47. The van der Waals surface area contributed by atoms with Gasteiger partial charge in [0.25, 0.3) is 5.91 Å². The summed E-state index contributed by atoms with van der Waals surface area (Å²) in [6, 6.07) is 6.94. The quantitative estimate of drug-likeness (QED) is 0.609. The molecule has 0 spiro atoms. The molecule has 7 heteroatoms. The molecule has 4 rings (SSSR count). The lowest BCUT2D eigenvalue weighted by Crippen LogP contribution is -2.53. The van der Waals surface area contributed by atoms with Gasteiger partial charge in [-0.05, 0) is 49.8 Å². The van der Waals surface area contributed by atoms with Gasteiger partial charge in [0, 0.05) is 17.1 Å². The summed E-state index contributed by atoms with van der Waals surface area (Å²) < 4.78 is 0. The molecule has 4 amide bonds. The molecule has 1 saturated heterocycles. The predicted octanol–water partition coefficient (Wildman–Crippen LogP) is 4.99. The van der Waals surface area contributed by atoms with Gasteiger partial charge in [0.15, 0.2) is 0 Å². The van der Waals surface area contributed by atoms with E-state index in [9.17, 15) is 14.4 Å². The number of hydrogen-bond donors (Lipinski definition) is 1. The molecule has 0 unspecified atom stereocenters. The average Bonchev–Trinajstić information content (AvgIpc) is 3.06. The van der Waals surface area contributed by atoms with Gasteiger partial charge in [0.1, 0.15) is 12.1 Å². The Labute approximate surface area is 195 Å². The minimum atomic E-state index is -1.15. The van der Waals surface area contributed by atoms with Crippen LogP contribution in [0.5, 0.6) is 0 Å². The Hall–Kier alpha value is -2.08. The molecule has 1 aliphatic heterocycles. The Morgan fingerprint density at radius 2 is 1.53 bits per heavy atom. The van der Waals surface area contributed by atoms with Crippen LogP contribution in [0.1, 0.15) is 83.1 Å². The van der Waals surface area contributed by atoms with E-state index in [2.05, 4.69) is 10.2 Å². The molecule has 1 N–H and O–H groups in total. The fraction of sp³-hybridized carbons (Fsp3) is 0.640. The van der Waals surface area contributed by atoms with E-state index in [-0.39, 0.29) is 30.4 Å². The highest BCUT2D eigenvalue weighted by atomic mass is 35.5. The van der Waals surface area contributed by atoms with Crippen molar-refractivity contribution in [3.63, 3.8) is 0 Å². The van der Waals surface area contributed by atoms with Crippen LogP contribution in [-0.4, -0.2) is 46.3 Å². The van der Waals surface area contributed by atoms with Gasteiger partial charge in [-0.25, -0.2) is 4.79 Å². The summed E-state index contributed by atoms with van der Waals surface area (Å²) in [4.78, 5) is 43.2. The molecule has 32 heavy (non-hydrogen) atoms. The minimum absolute atomic E-state index is 0.0877. The number of carbonyl (C=O) groups excluding carboxylic acids is 3. The Balaban J connectivity index is 1.55. The van der Waals surface area contributed by atoms with Crippen LogP contribution in [0.3, 0.4) is 0 Å². The zero-order valence-corrected chi connectivity index (χ0v) is 19.7. The fourth-order valence-corrected chi connectivity index (χ4v) is 5.91. The van der Waals surface area contributed by atoms with Crippen molar-refractivity contribution in [3.8, 4) is 0 Å². The van der Waals surface area contributed by atoms with Gasteiger partial charge in [-0.3, -0.25) is 14.5 Å². The maximum absolute atomic E-state index is 13.6. The SMILES string of the molecule is CC[C@]1(c2ccc(Cl)cc2)NC(=O)N(CC(=O)N(C2CCCCC2)C2CCCCC2)C1=O. The van der Waals surface area contributed by atoms with Crippen molar-refractivity contribution in [3.05, 3.63) is 34.9 Å². The first kappa shape index (κ1) is 23.1. The summed E-state index contributed by atoms with van der Waals surface area (Å²) in [5.41, 5.74) is -0.461. The van der Waals surface area contributed by atoms with Crippen LogP contribution >= 0.6 is 11.6 Å². The monoisotopic (exact) mass is 459 g/mol. The van der Waals surface area contributed by atoms with E-state index in [1.165, 1.54) is 12.8 Å². The number of nitrogens with one attached hydrogen (secondary N) is 1. The Morgan fingerprint density at radius 1 is 1.00 bits per heavy atom. The van der Waals surface area contributed by atoms with Crippen LogP contribution in [0.15, 0.2) is 24.3 Å².